The van der Waals surface area contributed by atoms with Gasteiger partial charge in [-0.3, -0.25) is 0 Å². The van der Waals surface area contributed by atoms with Crippen molar-refractivity contribution in [1.82, 2.24) is 4.57 Å². The Morgan fingerprint density at radius 2 is 1.68 bits per heavy atom. The average Bonchev–Trinajstić information content (AvgIpc) is 3.39. The minimum Gasteiger partial charge on any atom is -0.314 e. The summed E-state index contributed by atoms with van der Waals surface area (Å²) in [5, 5.41) is 3.19. The molecule has 0 aliphatic carbocycles. The van der Waals surface area contributed by atoms with Gasteiger partial charge in [0.15, 0.2) is 0 Å². The van der Waals surface area contributed by atoms with Gasteiger partial charge in [-0.2, -0.15) is 0 Å². The fraction of sp³-hybridized carbons (Fsp3) is 0.0857. The van der Waals surface area contributed by atoms with E-state index in [9.17, 15) is 0 Å². The Morgan fingerprint density at radius 1 is 0.919 bits per heavy atom. The van der Waals surface area contributed by atoms with Crippen LogP contribution in [-0.2, 0) is 0 Å². The largest absolute Gasteiger partial charge is 0.314 e. The molecular formula is C35H35NS. The van der Waals surface area contributed by atoms with Gasteiger partial charge in [-0.15, -0.1) is 11.3 Å². The maximum atomic E-state index is 4.48. The van der Waals surface area contributed by atoms with Crippen molar-refractivity contribution in [2.75, 3.05) is 0 Å². The second-order valence-corrected chi connectivity index (χ2v) is 9.49. The molecule has 2 heterocycles. The van der Waals surface area contributed by atoms with Crippen LogP contribution in [0.15, 0.2) is 93.1 Å². The monoisotopic (exact) mass is 501 g/mol. The van der Waals surface area contributed by atoms with Gasteiger partial charge in [0.2, 0.25) is 0 Å². The number of nitrogens with zero attached hydrogens (tertiary/aromatic N) is 1. The van der Waals surface area contributed by atoms with E-state index < -0.39 is 0 Å². The minimum atomic E-state index is 0.920. The summed E-state index contributed by atoms with van der Waals surface area (Å²) in [5.74, 6) is 0. The van der Waals surface area contributed by atoms with Gasteiger partial charge in [0, 0.05) is 42.4 Å². The Labute approximate surface area is 225 Å². The molecule has 186 valence electrons. The van der Waals surface area contributed by atoms with Gasteiger partial charge >= 0.3 is 0 Å². The molecule has 2 aromatic heterocycles. The first-order chi connectivity index (χ1) is 17.9. The van der Waals surface area contributed by atoms with Crippen molar-refractivity contribution < 1.29 is 0 Å². The molecule has 1 aromatic carbocycles. The van der Waals surface area contributed by atoms with E-state index in [4.69, 9.17) is 0 Å². The zero-order valence-corrected chi connectivity index (χ0v) is 22.9. The Bertz CT molecular complexity index is 1620. The van der Waals surface area contributed by atoms with Crippen LogP contribution >= 0.6 is 11.3 Å². The second-order valence-electron chi connectivity index (χ2n) is 8.41. The number of fused-ring (bicyclic) bond motifs is 1. The predicted octanol–water partition coefficient (Wildman–Crippen LogP) is 9.12. The lowest BCUT2D eigenvalue weighted by Crippen LogP contribution is -2.28. The van der Waals surface area contributed by atoms with Gasteiger partial charge in [0.05, 0.1) is 5.69 Å². The first-order valence-corrected chi connectivity index (χ1v) is 13.1. The van der Waals surface area contributed by atoms with E-state index in [1.807, 2.05) is 43.4 Å². The number of hydrogen-bond acceptors (Lipinski definition) is 1. The molecule has 1 nitrogen and oxygen atoms in total. The van der Waals surface area contributed by atoms with Crippen LogP contribution in [0.5, 0.6) is 0 Å². The standard InChI is InChI=1S/C35H35NS/c1-9-15-17-19-25(7)36-26(8)31(29(13-5)33(36)18-11-3)23-27(12-4)28-21-22-35-32(24-28)30(20-16-10-2)34(14-6)37-35/h9-24H,1-2,5-6,8H2,3-4,7H3/b17-15-,18-11-,20-16-,25-19+,27-12+,31-23+. The van der Waals surface area contributed by atoms with E-state index >= 15 is 0 Å². The van der Waals surface area contributed by atoms with Crippen molar-refractivity contribution in [3.8, 4) is 0 Å². The van der Waals surface area contributed by atoms with Crippen molar-refractivity contribution >= 4 is 69.7 Å². The molecule has 0 aliphatic rings. The van der Waals surface area contributed by atoms with Crippen LogP contribution in [0.25, 0.3) is 58.3 Å². The lowest BCUT2D eigenvalue weighted by molar-refractivity contribution is 1.04. The third kappa shape index (κ3) is 5.66. The quantitative estimate of drug-likeness (QED) is 0.244. The molecule has 0 unspecified atom stereocenters. The summed E-state index contributed by atoms with van der Waals surface area (Å²) in [6.07, 6.45) is 26.0. The third-order valence-electron chi connectivity index (χ3n) is 6.14. The summed E-state index contributed by atoms with van der Waals surface area (Å²) in [6, 6.07) is 6.64. The van der Waals surface area contributed by atoms with Gasteiger partial charge in [0.25, 0.3) is 0 Å². The summed E-state index contributed by atoms with van der Waals surface area (Å²) in [7, 11) is 0. The van der Waals surface area contributed by atoms with Crippen LogP contribution in [0, 0.1) is 0 Å². The molecule has 0 saturated heterocycles. The molecule has 0 radical (unpaired) electrons. The number of rotatable bonds is 10. The summed E-state index contributed by atoms with van der Waals surface area (Å²) >= 11 is 1.75. The Morgan fingerprint density at radius 3 is 2.30 bits per heavy atom. The highest BCUT2D eigenvalue weighted by Crippen LogP contribution is 2.35. The van der Waals surface area contributed by atoms with Crippen molar-refractivity contribution in [2.24, 2.45) is 0 Å². The van der Waals surface area contributed by atoms with E-state index in [-0.39, 0.29) is 0 Å². The highest BCUT2D eigenvalue weighted by atomic mass is 32.1. The second kappa shape index (κ2) is 12.7. The van der Waals surface area contributed by atoms with E-state index in [1.54, 1.807) is 23.5 Å². The molecule has 0 saturated carbocycles. The molecule has 0 aliphatic heterocycles. The molecule has 0 N–H and O–H groups in total. The smallest absolute Gasteiger partial charge is 0.0533 e. The lowest BCUT2D eigenvalue weighted by Gasteiger charge is -2.07. The number of thiophene rings is 1. The highest BCUT2D eigenvalue weighted by molar-refractivity contribution is 7.20. The van der Waals surface area contributed by atoms with Crippen molar-refractivity contribution in [1.29, 1.82) is 0 Å². The maximum absolute atomic E-state index is 4.48. The molecule has 0 amide bonds. The zero-order valence-electron chi connectivity index (χ0n) is 22.1. The van der Waals surface area contributed by atoms with Crippen LogP contribution in [-0.4, -0.2) is 4.57 Å². The van der Waals surface area contributed by atoms with Gasteiger partial charge in [-0.25, -0.2) is 0 Å². The summed E-state index contributed by atoms with van der Waals surface area (Å²) in [4.78, 5) is 1.16. The Balaban J connectivity index is 2.29. The Hall–Kier alpha value is -4.14. The highest BCUT2D eigenvalue weighted by Gasteiger charge is 2.13. The SMILES string of the molecule is C=C/C=C\C=C(/C)n1c(/C=C\C)c(C=C)/c(=C/C(=C\C)c2ccc3sc(C=C)c(/C=C\C=C)c3c2)c1=C. The topological polar surface area (TPSA) is 4.93 Å². The molecule has 0 bridgehead atoms. The first kappa shape index (κ1) is 27.4. The average molecular weight is 502 g/mol. The number of aromatic nitrogens is 1. The van der Waals surface area contributed by atoms with Gasteiger partial charge in [-0.1, -0.05) is 99.7 Å². The number of allylic oxidation sites excluding steroid dienone is 10. The third-order valence-corrected chi connectivity index (χ3v) is 7.32. The lowest BCUT2D eigenvalue weighted by atomic mass is 10.00. The predicted molar refractivity (Wildman–Crippen MR) is 173 cm³/mol. The maximum Gasteiger partial charge on any atom is 0.0533 e. The number of hydrogen-bond donors (Lipinski definition) is 0. The van der Waals surface area contributed by atoms with Crippen molar-refractivity contribution in [3.05, 3.63) is 131 Å². The van der Waals surface area contributed by atoms with Crippen LogP contribution in [0.3, 0.4) is 0 Å². The first-order valence-electron chi connectivity index (χ1n) is 12.3. The zero-order chi connectivity index (χ0) is 26.9. The van der Waals surface area contributed by atoms with E-state index in [2.05, 4.69) is 99.9 Å². The fourth-order valence-corrected chi connectivity index (χ4v) is 5.44. The Kier molecular flexibility index (Phi) is 9.43. The number of benzene rings is 1. The fourth-order valence-electron chi connectivity index (χ4n) is 4.42. The van der Waals surface area contributed by atoms with Gasteiger partial charge in [0.1, 0.15) is 0 Å². The van der Waals surface area contributed by atoms with E-state index in [0.29, 0.717) is 0 Å². The molecule has 0 fully saturated rings. The summed E-state index contributed by atoms with van der Waals surface area (Å²) in [5.41, 5.74) is 6.63. The normalized spacial score (nSPS) is 13.4. The molecule has 37 heavy (non-hydrogen) atoms. The van der Waals surface area contributed by atoms with Crippen LogP contribution < -0.4 is 10.6 Å². The molecule has 0 atom stereocenters. The van der Waals surface area contributed by atoms with E-state index in [0.717, 1.165) is 43.5 Å². The molecule has 0 spiro atoms. The van der Waals surface area contributed by atoms with Gasteiger partial charge in [-0.05, 0) is 62.3 Å². The van der Waals surface area contributed by atoms with E-state index in [1.165, 1.54) is 15.6 Å². The molecule has 3 rings (SSSR count). The summed E-state index contributed by atoms with van der Waals surface area (Å²) in [6.45, 7) is 26.4. The molecular weight excluding hydrogens is 466 g/mol. The van der Waals surface area contributed by atoms with Crippen LogP contribution in [0.1, 0.15) is 48.0 Å². The van der Waals surface area contributed by atoms with Crippen LogP contribution in [0.2, 0.25) is 0 Å². The molecule has 2 heteroatoms. The molecule has 3 aromatic rings. The minimum absolute atomic E-state index is 0.920. The van der Waals surface area contributed by atoms with Crippen molar-refractivity contribution in [3.63, 3.8) is 0 Å². The van der Waals surface area contributed by atoms with Crippen LogP contribution in [0.4, 0.5) is 0 Å². The van der Waals surface area contributed by atoms with Crippen molar-refractivity contribution in [2.45, 2.75) is 20.8 Å². The van der Waals surface area contributed by atoms with Gasteiger partial charge < -0.3 is 4.57 Å². The summed E-state index contributed by atoms with van der Waals surface area (Å²) < 4.78 is 3.41.